The van der Waals surface area contributed by atoms with Gasteiger partial charge in [-0.1, -0.05) is 37.5 Å². The Morgan fingerprint density at radius 2 is 1.71 bits per heavy atom. The van der Waals surface area contributed by atoms with E-state index in [4.69, 9.17) is 0 Å². The fraction of sp³-hybridized carbons (Fsp3) is 0.611. The first-order chi connectivity index (χ1) is 11.3. The molecule has 0 radical (unpaired) electrons. The molecule has 0 N–H and O–H groups in total. The van der Waals surface area contributed by atoms with E-state index in [1.165, 1.54) is 49.3 Å². The molecule has 1 heterocycles. The molecule has 24 heavy (non-hydrogen) atoms. The molecule has 1 fully saturated rings. The molecule has 0 aliphatic carbocycles. The van der Waals surface area contributed by atoms with Gasteiger partial charge in [0, 0.05) is 6.42 Å². The van der Waals surface area contributed by atoms with Crippen LogP contribution in [0.15, 0.2) is 29.2 Å². The summed E-state index contributed by atoms with van der Waals surface area (Å²) in [5.41, 5.74) is 0.928. The van der Waals surface area contributed by atoms with Gasteiger partial charge in [-0.15, -0.1) is 0 Å². The third-order valence-corrected chi connectivity index (χ3v) is 7.16. The van der Waals surface area contributed by atoms with E-state index in [0.717, 1.165) is 24.2 Å². The number of carbonyl (C=O) groups excluding carboxylic acids is 1. The summed E-state index contributed by atoms with van der Waals surface area (Å²) in [7, 11) is -3.78. The fourth-order valence-corrected chi connectivity index (χ4v) is 5.22. The Hall–Kier alpha value is -0.850. The quantitative estimate of drug-likeness (QED) is 0.417. The molecule has 1 aliphatic rings. The summed E-state index contributed by atoms with van der Waals surface area (Å²) in [6, 6.07) is 5.78. The molecule has 4 nitrogen and oxygen atoms in total. The number of hydrogen-bond acceptors (Lipinski definition) is 4. The maximum atomic E-state index is 11.5. The van der Waals surface area contributed by atoms with E-state index in [1.807, 2.05) is 6.92 Å². The Bertz CT molecular complexity index is 588. The molecule has 1 aromatic rings. The number of hydrogen-bond donors (Lipinski definition) is 0. The van der Waals surface area contributed by atoms with Crippen molar-refractivity contribution in [2.75, 3.05) is 17.3 Å². The molecule has 0 atom stereocenters. The third-order valence-electron chi connectivity index (χ3n) is 3.85. The van der Waals surface area contributed by atoms with Crippen molar-refractivity contribution < 1.29 is 17.8 Å². The number of carbonyl (C=O) groups is 1. The van der Waals surface area contributed by atoms with Crippen LogP contribution in [0, 0.1) is 6.92 Å². The first-order valence-electron chi connectivity index (χ1n) is 8.51. The van der Waals surface area contributed by atoms with Gasteiger partial charge in [-0.3, -0.25) is 4.79 Å². The van der Waals surface area contributed by atoms with Gasteiger partial charge >= 0.3 is 0 Å². The first kappa shape index (κ1) is 21.2. The van der Waals surface area contributed by atoms with Gasteiger partial charge < -0.3 is 4.55 Å². The Morgan fingerprint density at radius 1 is 1.12 bits per heavy atom. The maximum absolute atomic E-state index is 11.5. The molecule has 1 aromatic carbocycles. The average molecular weight is 373 g/mol. The minimum atomic E-state index is -4.27. The van der Waals surface area contributed by atoms with Crippen molar-refractivity contribution in [3.05, 3.63) is 29.8 Å². The predicted molar refractivity (Wildman–Crippen MR) is 99.5 cm³/mol. The standard InChI is InChI=1S/C11H21OS.C7H8O3S/c1-2-3-4-7-11(12)10-13-8-5-6-9-13;1-6-2-4-7(5-3-6)11(8,9)10/h2-10H2,1H3;2-5H,1H3,(H,8,9,10)/q+1;/p-1. The molecule has 0 saturated carbocycles. The SMILES string of the molecule is CCCCCC(=O)C[S+]1CCCC1.Cc1ccc(S(=O)(=O)[O-])cc1. The molecule has 2 rings (SSSR count). The van der Waals surface area contributed by atoms with Crippen molar-refractivity contribution in [1.29, 1.82) is 0 Å². The largest absolute Gasteiger partial charge is 0.744 e. The smallest absolute Gasteiger partial charge is 0.181 e. The Morgan fingerprint density at radius 3 is 2.21 bits per heavy atom. The number of rotatable bonds is 7. The zero-order valence-electron chi connectivity index (χ0n) is 14.6. The number of aryl methyl sites for hydroxylation is 1. The van der Waals surface area contributed by atoms with Gasteiger partial charge in [-0.05, 0) is 49.2 Å². The highest BCUT2D eigenvalue weighted by Gasteiger charge is 2.26. The second kappa shape index (κ2) is 10.9. The molecule has 0 spiro atoms. The lowest BCUT2D eigenvalue weighted by molar-refractivity contribution is -0.116. The molecule has 0 aromatic heterocycles. The lowest BCUT2D eigenvalue weighted by Gasteiger charge is -2.05. The van der Waals surface area contributed by atoms with Gasteiger partial charge in [0.1, 0.15) is 21.6 Å². The van der Waals surface area contributed by atoms with Crippen molar-refractivity contribution in [2.24, 2.45) is 0 Å². The number of benzene rings is 1. The van der Waals surface area contributed by atoms with Gasteiger partial charge in [0.05, 0.1) is 4.90 Å². The fourth-order valence-electron chi connectivity index (χ4n) is 2.44. The highest BCUT2D eigenvalue weighted by atomic mass is 32.2. The van der Waals surface area contributed by atoms with Crippen molar-refractivity contribution in [3.8, 4) is 0 Å². The van der Waals surface area contributed by atoms with Crippen LogP contribution in [-0.2, 0) is 25.8 Å². The number of unbranched alkanes of at least 4 members (excludes halogenated alkanes) is 2. The van der Waals surface area contributed by atoms with Crippen LogP contribution in [0.25, 0.3) is 0 Å². The lowest BCUT2D eigenvalue weighted by Crippen LogP contribution is -2.17. The van der Waals surface area contributed by atoms with Crippen molar-refractivity contribution >= 4 is 26.8 Å². The van der Waals surface area contributed by atoms with Crippen LogP contribution in [0.2, 0.25) is 0 Å². The highest BCUT2D eigenvalue weighted by Crippen LogP contribution is 2.14. The molecule has 0 amide bonds. The maximum Gasteiger partial charge on any atom is 0.181 e. The Labute approximate surface area is 149 Å². The van der Waals surface area contributed by atoms with E-state index in [0.29, 0.717) is 16.7 Å². The summed E-state index contributed by atoms with van der Waals surface area (Å²) in [6.45, 7) is 4.00. The molecule has 1 saturated heterocycles. The van der Waals surface area contributed by atoms with Crippen molar-refractivity contribution in [1.82, 2.24) is 0 Å². The van der Waals surface area contributed by atoms with Gasteiger partial charge in [0.15, 0.2) is 11.5 Å². The molecule has 0 unspecified atom stereocenters. The molecule has 136 valence electrons. The van der Waals surface area contributed by atoms with E-state index >= 15 is 0 Å². The van der Waals surface area contributed by atoms with E-state index in [9.17, 15) is 17.8 Å². The summed E-state index contributed by atoms with van der Waals surface area (Å²) in [6.07, 6.45) is 7.14. The van der Waals surface area contributed by atoms with Gasteiger partial charge in [-0.2, -0.15) is 0 Å². The van der Waals surface area contributed by atoms with Crippen LogP contribution >= 0.6 is 0 Å². The molecule has 0 bridgehead atoms. The second-order valence-corrected chi connectivity index (χ2v) is 9.84. The zero-order chi connectivity index (χ0) is 18.0. The Balaban J connectivity index is 0.000000243. The number of Topliss-reactive ketones (excluding diaryl/α,β-unsaturated/α-hetero) is 1. The second-order valence-electron chi connectivity index (χ2n) is 6.14. The van der Waals surface area contributed by atoms with Crippen LogP contribution < -0.4 is 0 Å². The van der Waals surface area contributed by atoms with E-state index in [2.05, 4.69) is 6.92 Å². The van der Waals surface area contributed by atoms with Crippen molar-refractivity contribution in [2.45, 2.75) is 57.3 Å². The van der Waals surface area contributed by atoms with Gasteiger partial charge in [-0.25, -0.2) is 8.42 Å². The normalized spacial score (nSPS) is 15.0. The van der Waals surface area contributed by atoms with Crippen molar-refractivity contribution in [3.63, 3.8) is 0 Å². The van der Waals surface area contributed by atoms with E-state index < -0.39 is 10.1 Å². The Kier molecular flexibility index (Phi) is 9.63. The van der Waals surface area contributed by atoms with Gasteiger partial charge in [0.2, 0.25) is 0 Å². The van der Waals surface area contributed by atoms with Crippen LogP contribution in [0.3, 0.4) is 0 Å². The van der Waals surface area contributed by atoms with Gasteiger partial charge in [0.25, 0.3) is 0 Å². The van der Waals surface area contributed by atoms with E-state index in [1.54, 1.807) is 12.1 Å². The van der Waals surface area contributed by atoms with Crippen LogP contribution in [0.5, 0.6) is 0 Å². The summed E-state index contributed by atoms with van der Waals surface area (Å²) < 4.78 is 31.2. The minimum absolute atomic E-state index is 0.178. The molecule has 6 heteroatoms. The van der Waals surface area contributed by atoms with E-state index in [-0.39, 0.29) is 4.90 Å². The minimum Gasteiger partial charge on any atom is -0.744 e. The molecule has 1 aliphatic heterocycles. The topological polar surface area (TPSA) is 74.3 Å². The third kappa shape index (κ3) is 8.85. The predicted octanol–water partition coefficient (Wildman–Crippen LogP) is 3.45. The monoisotopic (exact) mass is 372 g/mol. The summed E-state index contributed by atoms with van der Waals surface area (Å²) in [5.74, 6) is 4.10. The summed E-state index contributed by atoms with van der Waals surface area (Å²) in [4.78, 5) is 11.3. The zero-order valence-corrected chi connectivity index (χ0v) is 16.3. The summed E-state index contributed by atoms with van der Waals surface area (Å²) in [5, 5.41) is 0. The summed E-state index contributed by atoms with van der Waals surface area (Å²) >= 11 is 0. The van der Waals surface area contributed by atoms with Crippen LogP contribution in [0.4, 0.5) is 0 Å². The van der Waals surface area contributed by atoms with Crippen LogP contribution in [-0.4, -0.2) is 36.0 Å². The molecular formula is C18H28O4S2. The number of ketones is 1. The first-order valence-corrected chi connectivity index (χ1v) is 11.7. The average Bonchev–Trinajstić information content (AvgIpc) is 3.00. The molecular weight excluding hydrogens is 344 g/mol. The highest BCUT2D eigenvalue weighted by molar-refractivity contribution is 7.97. The lowest BCUT2D eigenvalue weighted by atomic mass is 10.2. The van der Waals surface area contributed by atoms with Crippen LogP contribution in [0.1, 0.15) is 51.0 Å².